The zero-order valence-electron chi connectivity index (χ0n) is 4.12. The van der Waals surface area contributed by atoms with Crippen LogP contribution in [0, 0.1) is 0 Å². The molecule has 0 saturated heterocycles. The molecule has 0 aromatic carbocycles. The Morgan fingerprint density at radius 3 is 2.88 bits per heavy atom. The van der Waals surface area contributed by atoms with Crippen molar-refractivity contribution in [3.63, 3.8) is 0 Å². The van der Waals surface area contributed by atoms with Gasteiger partial charge in [0.05, 0.1) is 5.03 Å². The van der Waals surface area contributed by atoms with E-state index in [2.05, 4.69) is 5.32 Å². The van der Waals surface area contributed by atoms with Crippen molar-refractivity contribution in [2.75, 3.05) is 6.54 Å². The van der Waals surface area contributed by atoms with Crippen molar-refractivity contribution in [2.45, 2.75) is 0 Å². The van der Waals surface area contributed by atoms with Crippen LogP contribution in [0.2, 0.25) is 0 Å². The third-order valence-corrected chi connectivity index (χ3v) is 1.19. The van der Waals surface area contributed by atoms with Gasteiger partial charge in [-0.2, -0.15) is 0 Å². The average molecular weight is 134 g/mol. The molecule has 0 amide bonds. The van der Waals surface area contributed by atoms with E-state index < -0.39 is 5.83 Å². The van der Waals surface area contributed by atoms with Crippen LogP contribution in [0.3, 0.4) is 0 Å². The molecule has 0 aromatic rings. The molecule has 0 bridgehead atoms. The number of hydrogen-bond donors (Lipinski definition) is 1. The van der Waals surface area contributed by atoms with Crippen molar-refractivity contribution in [1.82, 2.24) is 5.32 Å². The minimum absolute atomic E-state index is 0.198. The lowest BCUT2D eigenvalue weighted by molar-refractivity contribution is 0.642. The second-order valence-corrected chi connectivity index (χ2v) is 1.86. The highest BCUT2D eigenvalue weighted by Gasteiger charge is 2.02. The average Bonchev–Trinajstić information content (AvgIpc) is 1.77. The zero-order valence-corrected chi connectivity index (χ0v) is 4.87. The first-order valence-electron chi connectivity index (χ1n) is 2.26. The van der Waals surface area contributed by atoms with E-state index >= 15 is 0 Å². The highest BCUT2D eigenvalue weighted by atomic mass is 35.5. The predicted octanol–water partition coefficient (Wildman–Crippen LogP) is 1.52. The minimum Gasteiger partial charge on any atom is -0.385 e. The maximum Gasteiger partial charge on any atom is 0.157 e. The molecule has 0 aliphatic carbocycles. The Morgan fingerprint density at radius 2 is 2.50 bits per heavy atom. The maximum atomic E-state index is 12.2. The van der Waals surface area contributed by atoms with E-state index in [1.807, 2.05) is 0 Å². The third-order valence-electron chi connectivity index (χ3n) is 0.856. The standard InChI is InChI=1S/C5H5ClFN/c6-4-1-2-8-3-5(4)7/h1,3,8H,2H2. The summed E-state index contributed by atoms with van der Waals surface area (Å²) in [6.07, 6.45) is 2.83. The number of dihydropyridines is 1. The van der Waals surface area contributed by atoms with E-state index in [1.165, 1.54) is 6.20 Å². The highest BCUT2D eigenvalue weighted by molar-refractivity contribution is 6.31. The molecule has 1 nitrogen and oxygen atoms in total. The molecule has 3 heteroatoms. The van der Waals surface area contributed by atoms with Crippen LogP contribution in [-0.4, -0.2) is 6.54 Å². The summed E-state index contributed by atoms with van der Waals surface area (Å²) in [7, 11) is 0. The summed E-state index contributed by atoms with van der Waals surface area (Å²) in [5.41, 5.74) is 0. The largest absolute Gasteiger partial charge is 0.385 e. The van der Waals surface area contributed by atoms with Gasteiger partial charge in [0, 0.05) is 12.7 Å². The van der Waals surface area contributed by atoms with Crippen molar-refractivity contribution in [3.05, 3.63) is 23.1 Å². The predicted molar refractivity (Wildman–Crippen MR) is 31.1 cm³/mol. The van der Waals surface area contributed by atoms with E-state index in [0.29, 0.717) is 6.54 Å². The summed E-state index contributed by atoms with van der Waals surface area (Å²) in [5, 5.41) is 2.86. The van der Waals surface area contributed by atoms with Crippen molar-refractivity contribution in [2.24, 2.45) is 0 Å². The smallest absolute Gasteiger partial charge is 0.157 e. The molecular formula is C5H5ClFN. The van der Waals surface area contributed by atoms with Crippen LogP contribution < -0.4 is 5.32 Å². The number of halogens is 2. The van der Waals surface area contributed by atoms with E-state index in [0.717, 1.165) is 0 Å². The molecule has 1 rings (SSSR count). The summed E-state index contributed by atoms with van der Waals surface area (Å²) in [6, 6.07) is 0. The topological polar surface area (TPSA) is 12.0 Å². The first-order chi connectivity index (χ1) is 3.80. The van der Waals surface area contributed by atoms with E-state index in [1.54, 1.807) is 6.08 Å². The Morgan fingerprint density at radius 1 is 1.75 bits per heavy atom. The van der Waals surface area contributed by atoms with Crippen LogP contribution in [0.5, 0.6) is 0 Å². The van der Waals surface area contributed by atoms with E-state index in [4.69, 9.17) is 11.6 Å². The number of rotatable bonds is 0. The van der Waals surface area contributed by atoms with Crippen LogP contribution >= 0.6 is 11.6 Å². The lowest BCUT2D eigenvalue weighted by Crippen LogP contribution is -2.09. The monoisotopic (exact) mass is 133 g/mol. The number of allylic oxidation sites excluding steroid dienone is 2. The van der Waals surface area contributed by atoms with Gasteiger partial charge in [-0.15, -0.1) is 0 Å². The minimum atomic E-state index is -0.391. The summed E-state index contributed by atoms with van der Waals surface area (Å²) in [5.74, 6) is -0.391. The van der Waals surface area contributed by atoms with Crippen LogP contribution in [0.1, 0.15) is 0 Å². The summed E-state index contributed by atoms with van der Waals surface area (Å²) in [6.45, 7) is 0.617. The lowest BCUT2D eigenvalue weighted by Gasteiger charge is -2.02. The Labute approximate surface area is 51.8 Å². The maximum absolute atomic E-state index is 12.2. The molecule has 0 saturated carbocycles. The quantitative estimate of drug-likeness (QED) is 0.529. The SMILES string of the molecule is FC1=CNCC=C1Cl. The van der Waals surface area contributed by atoms with Gasteiger partial charge in [-0.1, -0.05) is 11.6 Å². The van der Waals surface area contributed by atoms with Crippen LogP contribution in [0.4, 0.5) is 4.39 Å². The van der Waals surface area contributed by atoms with Gasteiger partial charge >= 0.3 is 0 Å². The second-order valence-electron chi connectivity index (χ2n) is 1.45. The van der Waals surface area contributed by atoms with Crippen molar-refractivity contribution < 1.29 is 4.39 Å². The van der Waals surface area contributed by atoms with Gasteiger partial charge in [0.1, 0.15) is 0 Å². The lowest BCUT2D eigenvalue weighted by atomic mass is 10.4. The molecular weight excluding hydrogens is 129 g/mol. The van der Waals surface area contributed by atoms with E-state index in [9.17, 15) is 4.39 Å². The normalized spacial score (nSPS) is 18.8. The Bertz CT molecular complexity index is 133. The molecule has 0 radical (unpaired) electrons. The van der Waals surface area contributed by atoms with Crippen molar-refractivity contribution in [3.8, 4) is 0 Å². The molecule has 0 fully saturated rings. The van der Waals surface area contributed by atoms with Gasteiger partial charge in [-0.3, -0.25) is 0 Å². The first kappa shape index (κ1) is 5.63. The Kier molecular flexibility index (Phi) is 1.53. The number of hydrogen-bond acceptors (Lipinski definition) is 1. The Hall–Kier alpha value is -0.500. The van der Waals surface area contributed by atoms with E-state index in [-0.39, 0.29) is 5.03 Å². The summed E-state index contributed by atoms with van der Waals surface area (Å²) < 4.78 is 12.2. The molecule has 0 unspecified atom stereocenters. The van der Waals surface area contributed by atoms with Gasteiger partial charge in [-0.05, 0) is 6.08 Å². The summed E-state index contributed by atoms with van der Waals surface area (Å²) >= 11 is 5.34. The van der Waals surface area contributed by atoms with Crippen LogP contribution in [-0.2, 0) is 0 Å². The van der Waals surface area contributed by atoms with Crippen molar-refractivity contribution in [1.29, 1.82) is 0 Å². The first-order valence-corrected chi connectivity index (χ1v) is 2.63. The fourth-order valence-electron chi connectivity index (χ4n) is 0.464. The van der Waals surface area contributed by atoms with Gasteiger partial charge < -0.3 is 5.32 Å². The fraction of sp³-hybridized carbons (Fsp3) is 0.200. The molecule has 8 heavy (non-hydrogen) atoms. The number of nitrogens with one attached hydrogen (secondary N) is 1. The molecule has 44 valence electrons. The molecule has 1 aliphatic rings. The van der Waals surface area contributed by atoms with Crippen LogP contribution in [0.15, 0.2) is 23.1 Å². The van der Waals surface area contributed by atoms with Gasteiger partial charge in [-0.25, -0.2) is 4.39 Å². The zero-order chi connectivity index (χ0) is 5.98. The highest BCUT2D eigenvalue weighted by Crippen LogP contribution is 2.16. The second kappa shape index (κ2) is 2.18. The third kappa shape index (κ3) is 1.01. The van der Waals surface area contributed by atoms with Crippen molar-refractivity contribution >= 4 is 11.6 Å². The molecule has 1 N–H and O–H groups in total. The molecule has 0 atom stereocenters. The molecule has 0 aromatic heterocycles. The van der Waals surface area contributed by atoms with Crippen LogP contribution in [0.25, 0.3) is 0 Å². The molecule has 1 heterocycles. The Balaban J connectivity index is 2.73. The molecule has 0 spiro atoms. The summed E-state index contributed by atoms with van der Waals surface area (Å²) in [4.78, 5) is 0. The fourth-order valence-corrected chi connectivity index (χ4v) is 0.595. The van der Waals surface area contributed by atoms with Gasteiger partial charge in [0.15, 0.2) is 5.83 Å². The van der Waals surface area contributed by atoms with Gasteiger partial charge in [0.2, 0.25) is 0 Å². The van der Waals surface area contributed by atoms with Gasteiger partial charge in [0.25, 0.3) is 0 Å². The molecule has 1 aliphatic heterocycles.